The van der Waals surface area contributed by atoms with Crippen molar-refractivity contribution >= 4 is 11.6 Å². The number of nitrogens with zero attached hydrogens (tertiary/aromatic N) is 2. The summed E-state index contributed by atoms with van der Waals surface area (Å²) in [5.74, 6) is 2.21. The number of aromatic nitrogens is 2. The van der Waals surface area contributed by atoms with E-state index in [2.05, 4.69) is 29.1 Å². The van der Waals surface area contributed by atoms with Crippen LogP contribution in [0.5, 0.6) is 0 Å². The second-order valence-corrected chi connectivity index (χ2v) is 4.90. The quantitative estimate of drug-likeness (QED) is 0.778. The first-order valence-corrected chi connectivity index (χ1v) is 6.95. The molecule has 0 saturated heterocycles. The number of nitrogens with one attached hydrogen (secondary N) is 1. The summed E-state index contributed by atoms with van der Waals surface area (Å²) in [5.41, 5.74) is 6.84. The van der Waals surface area contributed by atoms with Crippen molar-refractivity contribution in [2.75, 3.05) is 11.1 Å². The largest absolute Gasteiger partial charge is 0.383 e. The molecule has 0 aliphatic rings. The van der Waals surface area contributed by atoms with Crippen LogP contribution in [0, 0.1) is 13.8 Å². The topological polar surface area (TPSA) is 63.8 Å². The van der Waals surface area contributed by atoms with Crippen LogP contribution in [-0.2, 0) is 0 Å². The van der Waals surface area contributed by atoms with Gasteiger partial charge in [-0.2, -0.15) is 0 Å². The zero-order valence-corrected chi connectivity index (χ0v) is 12.1. The van der Waals surface area contributed by atoms with Gasteiger partial charge in [0.2, 0.25) is 0 Å². The predicted molar refractivity (Wildman–Crippen MR) is 77.8 cm³/mol. The van der Waals surface area contributed by atoms with Crippen molar-refractivity contribution in [3.63, 3.8) is 0 Å². The molecule has 1 unspecified atom stereocenters. The summed E-state index contributed by atoms with van der Waals surface area (Å²) in [7, 11) is 0. The summed E-state index contributed by atoms with van der Waals surface area (Å²) >= 11 is 0. The molecule has 102 valence electrons. The Balaban J connectivity index is 2.79. The van der Waals surface area contributed by atoms with Crippen LogP contribution in [0.3, 0.4) is 0 Å². The van der Waals surface area contributed by atoms with Crippen molar-refractivity contribution in [1.29, 1.82) is 0 Å². The highest BCUT2D eigenvalue weighted by atomic mass is 15.1. The van der Waals surface area contributed by atoms with Crippen molar-refractivity contribution < 1.29 is 0 Å². The Hall–Kier alpha value is -1.32. The third-order valence-electron chi connectivity index (χ3n) is 3.18. The molecule has 0 aliphatic heterocycles. The van der Waals surface area contributed by atoms with E-state index in [1.807, 2.05) is 13.8 Å². The van der Waals surface area contributed by atoms with Crippen LogP contribution >= 0.6 is 0 Å². The molecule has 0 radical (unpaired) electrons. The molecule has 4 nitrogen and oxygen atoms in total. The van der Waals surface area contributed by atoms with Crippen LogP contribution in [0.1, 0.15) is 57.3 Å². The monoisotopic (exact) mass is 250 g/mol. The molecule has 0 bridgehead atoms. The fourth-order valence-electron chi connectivity index (χ4n) is 2.07. The Morgan fingerprint density at radius 2 is 1.83 bits per heavy atom. The lowest BCUT2D eigenvalue weighted by Gasteiger charge is -2.20. The van der Waals surface area contributed by atoms with Crippen molar-refractivity contribution in [3.8, 4) is 0 Å². The molecular formula is C14H26N4. The number of unbranched alkanes of at least 4 members (excludes halogenated alkanes) is 1. The van der Waals surface area contributed by atoms with Gasteiger partial charge in [0.05, 0.1) is 0 Å². The number of anilines is 2. The Kier molecular flexibility index (Phi) is 5.89. The van der Waals surface area contributed by atoms with E-state index in [9.17, 15) is 0 Å². The lowest BCUT2D eigenvalue weighted by Crippen LogP contribution is -2.21. The molecule has 0 amide bonds. The molecule has 3 N–H and O–H groups in total. The Bertz CT molecular complexity index is 376. The molecular weight excluding hydrogens is 224 g/mol. The minimum absolute atomic E-state index is 0.488. The summed E-state index contributed by atoms with van der Waals surface area (Å²) in [5, 5.41) is 3.53. The predicted octanol–water partition coefficient (Wildman–Crippen LogP) is 3.45. The van der Waals surface area contributed by atoms with Crippen LogP contribution in [-0.4, -0.2) is 16.0 Å². The van der Waals surface area contributed by atoms with Gasteiger partial charge in [0.15, 0.2) is 0 Å². The zero-order chi connectivity index (χ0) is 13.5. The van der Waals surface area contributed by atoms with E-state index in [0.717, 1.165) is 17.2 Å². The molecule has 1 heterocycles. The molecule has 1 atom stereocenters. The van der Waals surface area contributed by atoms with E-state index in [4.69, 9.17) is 5.73 Å². The van der Waals surface area contributed by atoms with Gasteiger partial charge in [0, 0.05) is 11.6 Å². The standard InChI is InChI=1S/C14H26N4/c1-5-7-9-12(8-6-2)18-14-10(3)13(15)16-11(4)17-14/h12H,5-9H2,1-4H3,(H3,15,16,17,18). The van der Waals surface area contributed by atoms with Gasteiger partial charge in [-0.3, -0.25) is 0 Å². The van der Waals surface area contributed by atoms with Gasteiger partial charge in [-0.05, 0) is 26.7 Å². The summed E-state index contributed by atoms with van der Waals surface area (Å²) in [6, 6.07) is 0.488. The number of nitrogens with two attached hydrogens (primary N) is 1. The van der Waals surface area contributed by atoms with Crippen LogP contribution < -0.4 is 11.1 Å². The van der Waals surface area contributed by atoms with Crippen molar-refractivity contribution in [1.82, 2.24) is 9.97 Å². The molecule has 4 heteroatoms. The average molecular weight is 250 g/mol. The van der Waals surface area contributed by atoms with E-state index in [1.54, 1.807) is 0 Å². The molecule has 0 aromatic carbocycles. The maximum Gasteiger partial charge on any atom is 0.134 e. The maximum absolute atomic E-state index is 5.88. The van der Waals surface area contributed by atoms with E-state index >= 15 is 0 Å². The summed E-state index contributed by atoms with van der Waals surface area (Å²) in [6.45, 7) is 8.29. The van der Waals surface area contributed by atoms with E-state index < -0.39 is 0 Å². The summed E-state index contributed by atoms with van der Waals surface area (Å²) in [4.78, 5) is 8.64. The Morgan fingerprint density at radius 1 is 1.11 bits per heavy atom. The van der Waals surface area contributed by atoms with Crippen LogP contribution in [0.25, 0.3) is 0 Å². The van der Waals surface area contributed by atoms with Crippen molar-refractivity contribution in [3.05, 3.63) is 11.4 Å². The number of rotatable bonds is 7. The molecule has 18 heavy (non-hydrogen) atoms. The second-order valence-electron chi connectivity index (χ2n) is 4.90. The Morgan fingerprint density at radius 3 is 2.44 bits per heavy atom. The number of aryl methyl sites for hydroxylation is 1. The normalized spacial score (nSPS) is 12.4. The first-order valence-electron chi connectivity index (χ1n) is 6.95. The Labute approximate surface area is 110 Å². The van der Waals surface area contributed by atoms with Crippen LogP contribution in [0.2, 0.25) is 0 Å². The van der Waals surface area contributed by atoms with Gasteiger partial charge in [-0.1, -0.05) is 33.1 Å². The molecule has 0 fully saturated rings. The van der Waals surface area contributed by atoms with E-state index in [-0.39, 0.29) is 0 Å². The summed E-state index contributed by atoms with van der Waals surface area (Å²) < 4.78 is 0. The SMILES string of the molecule is CCCCC(CCC)Nc1nc(C)nc(N)c1C. The van der Waals surface area contributed by atoms with Gasteiger partial charge >= 0.3 is 0 Å². The number of hydrogen-bond acceptors (Lipinski definition) is 4. The third kappa shape index (κ3) is 4.17. The highest BCUT2D eigenvalue weighted by Crippen LogP contribution is 2.20. The molecule has 1 aromatic heterocycles. The summed E-state index contributed by atoms with van der Waals surface area (Å²) in [6.07, 6.45) is 6.01. The molecule has 1 rings (SSSR count). The fraction of sp³-hybridized carbons (Fsp3) is 0.714. The first-order chi connectivity index (χ1) is 8.58. The second kappa shape index (κ2) is 7.19. The van der Waals surface area contributed by atoms with Gasteiger partial charge in [0.25, 0.3) is 0 Å². The molecule has 0 spiro atoms. The van der Waals surface area contributed by atoms with Gasteiger partial charge in [-0.25, -0.2) is 9.97 Å². The fourth-order valence-corrected chi connectivity index (χ4v) is 2.07. The minimum Gasteiger partial charge on any atom is -0.383 e. The first kappa shape index (κ1) is 14.7. The lowest BCUT2D eigenvalue weighted by atomic mass is 10.0. The van der Waals surface area contributed by atoms with E-state index in [0.29, 0.717) is 11.9 Å². The highest BCUT2D eigenvalue weighted by molar-refractivity contribution is 5.55. The van der Waals surface area contributed by atoms with Crippen LogP contribution in [0.4, 0.5) is 11.6 Å². The number of hydrogen-bond donors (Lipinski definition) is 2. The maximum atomic E-state index is 5.88. The van der Waals surface area contributed by atoms with Gasteiger partial charge in [0.1, 0.15) is 17.5 Å². The number of nitrogen functional groups attached to an aromatic ring is 1. The minimum atomic E-state index is 0.488. The lowest BCUT2D eigenvalue weighted by molar-refractivity contribution is 0.562. The smallest absolute Gasteiger partial charge is 0.134 e. The third-order valence-corrected chi connectivity index (χ3v) is 3.18. The molecule has 1 aromatic rings. The molecule has 0 aliphatic carbocycles. The molecule has 0 saturated carbocycles. The van der Waals surface area contributed by atoms with E-state index in [1.165, 1.54) is 32.1 Å². The average Bonchev–Trinajstić information content (AvgIpc) is 2.32. The van der Waals surface area contributed by atoms with Crippen LogP contribution in [0.15, 0.2) is 0 Å². The van der Waals surface area contributed by atoms with Crippen molar-refractivity contribution in [2.45, 2.75) is 65.8 Å². The van der Waals surface area contributed by atoms with Gasteiger partial charge < -0.3 is 11.1 Å². The van der Waals surface area contributed by atoms with Gasteiger partial charge in [-0.15, -0.1) is 0 Å². The highest BCUT2D eigenvalue weighted by Gasteiger charge is 2.12. The van der Waals surface area contributed by atoms with Crippen molar-refractivity contribution in [2.24, 2.45) is 0 Å². The zero-order valence-electron chi connectivity index (χ0n) is 12.1.